The summed E-state index contributed by atoms with van der Waals surface area (Å²) in [6, 6.07) is 15.0. The molecule has 20 heteroatoms. The second-order valence-corrected chi connectivity index (χ2v) is 16.8. The van der Waals surface area contributed by atoms with Crippen LogP contribution in [0, 0.1) is 13.8 Å². The van der Waals surface area contributed by atoms with Crippen molar-refractivity contribution >= 4 is 55.1 Å². The van der Waals surface area contributed by atoms with Crippen LogP contribution >= 0.6 is 23.2 Å². The highest BCUT2D eigenvalue weighted by Gasteiger charge is 2.18. The van der Waals surface area contributed by atoms with Crippen molar-refractivity contribution in [2.45, 2.75) is 40.2 Å². The van der Waals surface area contributed by atoms with Crippen LogP contribution in [0.3, 0.4) is 0 Å². The van der Waals surface area contributed by atoms with Gasteiger partial charge in [-0.15, -0.1) is 0 Å². The first-order valence-corrected chi connectivity index (χ1v) is 21.2. The number of sulfonamides is 2. The minimum Gasteiger partial charge on any atom is -0.481 e. The largest absolute Gasteiger partial charge is 0.481 e. The maximum absolute atomic E-state index is 11.8. The lowest BCUT2D eigenvalue weighted by Crippen LogP contribution is -2.36. The van der Waals surface area contributed by atoms with E-state index in [4.69, 9.17) is 42.1 Å². The van der Waals surface area contributed by atoms with Crippen LogP contribution in [-0.4, -0.2) is 78.4 Å². The number of nitrogens with one attached hydrogen (secondary N) is 4. The molecule has 0 saturated carbocycles. The molecule has 0 fully saturated rings. The number of benzene rings is 2. The standard InChI is InChI=1S/C36H42Cl2N6O10S2/c1-21-23(19-53-35-29(37)13-25(33(41-35)51-3)15-39-17-31(45)43-55(5,47)48)9-7-11-27(21)28-12-8-10-24(22(28)2)20-54-36-30(38)14-26(34(42-36)52-4)16-40-18-32(46)44-56(6,49)50/h7-14,39-40H,15-20H2,1-6H3,(H,43,45)(H,44,46). The lowest BCUT2D eigenvalue weighted by Gasteiger charge is -2.17. The Morgan fingerprint density at radius 1 is 0.625 bits per heavy atom. The monoisotopic (exact) mass is 852 g/mol. The summed E-state index contributed by atoms with van der Waals surface area (Å²) in [5.74, 6) is -0.691. The molecule has 56 heavy (non-hydrogen) atoms. The van der Waals surface area contributed by atoms with Gasteiger partial charge in [0.25, 0.3) is 0 Å². The fourth-order valence-electron chi connectivity index (χ4n) is 5.46. The molecule has 0 unspecified atom stereocenters. The minimum atomic E-state index is -3.67. The van der Waals surface area contributed by atoms with E-state index < -0.39 is 31.9 Å². The molecule has 4 N–H and O–H groups in total. The first kappa shape index (κ1) is 44.0. The van der Waals surface area contributed by atoms with E-state index >= 15 is 0 Å². The van der Waals surface area contributed by atoms with Crippen LogP contribution in [0.5, 0.6) is 23.5 Å². The van der Waals surface area contributed by atoms with E-state index in [-0.39, 0.29) is 73.0 Å². The summed E-state index contributed by atoms with van der Waals surface area (Å²) < 4.78 is 71.8. The molecule has 0 aliphatic rings. The summed E-state index contributed by atoms with van der Waals surface area (Å²) >= 11 is 13.0. The lowest BCUT2D eigenvalue weighted by atomic mass is 9.92. The molecule has 2 aromatic carbocycles. The number of pyridine rings is 2. The zero-order valence-electron chi connectivity index (χ0n) is 31.4. The number of halogens is 2. The van der Waals surface area contributed by atoms with Gasteiger partial charge in [0.15, 0.2) is 0 Å². The van der Waals surface area contributed by atoms with Crippen molar-refractivity contribution in [3.63, 3.8) is 0 Å². The van der Waals surface area contributed by atoms with Crippen LogP contribution < -0.4 is 39.0 Å². The van der Waals surface area contributed by atoms with Crippen molar-refractivity contribution in [3.8, 4) is 34.6 Å². The summed E-state index contributed by atoms with van der Waals surface area (Å²) in [7, 11) is -4.47. The Morgan fingerprint density at radius 3 is 1.34 bits per heavy atom. The number of ether oxygens (including phenoxy) is 4. The van der Waals surface area contributed by atoms with Gasteiger partial charge in [-0.1, -0.05) is 59.6 Å². The van der Waals surface area contributed by atoms with E-state index in [1.165, 1.54) is 14.2 Å². The number of carbonyl (C=O) groups is 2. The normalized spacial score (nSPS) is 11.5. The van der Waals surface area contributed by atoms with Crippen molar-refractivity contribution in [1.29, 1.82) is 0 Å². The maximum atomic E-state index is 11.8. The molecule has 4 aromatic rings. The van der Waals surface area contributed by atoms with E-state index in [0.29, 0.717) is 11.1 Å². The topological polar surface area (TPSA) is 213 Å². The molecule has 2 amide bonds. The van der Waals surface area contributed by atoms with Crippen molar-refractivity contribution < 1.29 is 45.4 Å². The first-order valence-electron chi connectivity index (χ1n) is 16.7. The molecule has 0 atom stereocenters. The van der Waals surface area contributed by atoms with Crippen LogP contribution in [0.2, 0.25) is 10.0 Å². The van der Waals surface area contributed by atoms with E-state index in [1.54, 1.807) is 12.1 Å². The van der Waals surface area contributed by atoms with Gasteiger partial charge in [-0.3, -0.25) is 19.0 Å². The Hall–Kier alpha value is -4.72. The highest BCUT2D eigenvalue weighted by molar-refractivity contribution is 7.89. The summed E-state index contributed by atoms with van der Waals surface area (Å²) in [6.07, 6.45) is 1.79. The fourth-order valence-corrected chi connectivity index (χ4v) is 6.89. The molecule has 4 rings (SSSR count). The molecule has 16 nitrogen and oxygen atoms in total. The molecule has 0 spiro atoms. The summed E-state index contributed by atoms with van der Waals surface area (Å²) in [4.78, 5) is 32.5. The fraction of sp³-hybridized carbons (Fsp3) is 0.333. The third-order valence-electron chi connectivity index (χ3n) is 8.06. The van der Waals surface area contributed by atoms with Gasteiger partial charge in [0, 0.05) is 24.2 Å². The van der Waals surface area contributed by atoms with Gasteiger partial charge in [0.05, 0.1) is 39.8 Å². The summed E-state index contributed by atoms with van der Waals surface area (Å²) in [5.41, 5.74) is 6.73. The predicted octanol–water partition coefficient (Wildman–Crippen LogP) is 3.57. The molecule has 302 valence electrons. The molecule has 0 aliphatic carbocycles. The first-order chi connectivity index (χ1) is 26.4. The van der Waals surface area contributed by atoms with Gasteiger partial charge in [0.2, 0.25) is 55.4 Å². The van der Waals surface area contributed by atoms with Gasteiger partial charge in [-0.2, -0.15) is 9.97 Å². The highest BCUT2D eigenvalue weighted by Crippen LogP contribution is 2.34. The van der Waals surface area contributed by atoms with Crippen molar-refractivity contribution in [3.05, 3.63) is 92.0 Å². The lowest BCUT2D eigenvalue weighted by molar-refractivity contribution is -0.119. The highest BCUT2D eigenvalue weighted by atomic mass is 35.5. The van der Waals surface area contributed by atoms with E-state index in [0.717, 1.165) is 45.9 Å². The number of carbonyl (C=O) groups excluding carboxylic acids is 2. The molecule has 2 aromatic heterocycles. The number of amides is 2. The predicted molar refractivity (Wildman–Crippen MR) is 211 cm³/mol. The number of hydrogen-bond donors (Lipinski definition) is 4. The van der Waals surface area contributed by atoms with Gasteiger partial charge < -0.3 is 29.6 Å². The maximum Gasteiger partial charge on any atom is 0.247 e. The third-order valence-corrected chi connectivity index (χ3v) is 9.80. The van der Waals surface area contributed by atoms with E-state index in [1.807, 2.05) is 59.7 Å². The SMILES string of the molecule is COc1nc(OCc2cccc(-c3cccc(COc4nc(OC)c(CNCC(=O)NS(C)(=O)=O)cc4Cl)c3C)c2C)c(Cl)cc1CNCC(=O)NS(C)(=O)=O. The van der Waals surface area contributed by atoms with Crippen molar-refractivity contribution in [1.82, 2.24) is 30.0 Å². The van der Waals surface area contributed by atoms with Gasteiger partial charge in [0.1, 0.15) is 23.3 Å². The van der Waals surface area contributed by atoms with Crippen molar-refractivity contribution in [2.24, 2.45) is 0 Å². The number of nitrogens with zero attached hydrogens (tertiary/aromatic N) is 2. The zero-order chi connectivity index (χ0) is 41.2. The number of hydrogen-bond acceptors (Lipinski definition) is 14. The van der Waals surface area contributed by atoms with E-state index in [2.05, 4.69) is 20.6 Å². The second kappa shape index (κ2) is 19.4. The Balaban J connectivity index is 1.43. The average Bonchev–Trinajstić information content (AvgIpc) is 3.10. The van der Waals surface area contributed by atoms with Crippen molar-refractivity contribution in [2.75, 3.05) is 39.8 Å². The Morgan fingerprint density at radius 2 is 1.00 bits per heavy atom. The Kier molecular flexibility index (Phi) is 15.3. The quantitative estimate of drug-likeness (QED) is 0.106. The molecule has 0 bridgehead atoms. The second-order valence-electron chi connectivity index (χ2n) is 12.4. The Bertz CT molecular complexity index is 2150. The Labute approximate surface area is 335 Å². The molecular formula is C36H42Cl2N6O10S2. The number of rotatable bonds is 19. The molecular weight excluding hydrogens is 811 g/mol. The summed E-state index contributed by atoms with van der Waals surface area (Å²) in [5, 5.41) is 6.11. The van der Waals surface area contributed by atoms with E-state index in [9.17, 15) is 26.4 Å². The van der Waals surface area contributed by atoms with Crippen LogP contribution in [0.1, 0.15) is 33.4 Å². The van der Waals surface area contributed by atoms with Crippen LogP contribution in [0.25, 0.3) is 11.1 Å². The minimum absolute atomic E-state index is 0.125. The van der Waals surface area contributed by atoms with Gasteiger partial charge in [-0.05, 0) is 59.4 Å². The average molecular weight is 854 g/mol. The summed E-state index contributed by atoms with van der Waals surface area (Å²) in [6.45, 7) is 4.01. The third kappa shape index (κ3) is 12.7. The number of aromatic nitrogens is 2. The van der Waals surface area contributed by atoms with Gasteiger partial charge in [-0.25, -0.2) is 16.8 Å². The number of methoxy groups -OCH3 is 2. The molecule has 0 radical (unpaired) electrons. The van der Waals surface area contributed by atoms with Gasteiger partial charge >= 0.3 is 0 Å². The van der Waals surface area contributed by atoms with Crippen LogP contribution in [0.15, 0.2) is 48.5 Å². The molecule has 2 heterocycles. The smallest absolute Gasteiger partial charge is 0.247 e. The van der Waals surface area contributed by atoms with Crippen LogP contribution in [0.4, 0.5) is 0 Å². The molecule has 0 aliphatic heterocycles. The zero-order valence-corrected chi connectivity index (χ0v) is 34.6. The molecule has 0 saturated heterocycles. The van der Waals surface area contributed by atoms with Crippen LogP contribution in [-0.2, 0) is 55.9 Å².